The normalized spacial score (nSPS) is 14.9. The van der Waals surface area contributed by atoms with Crippen LogP contribution >= 0.6 is 0 Å². The van der Waals surface area contributed by atoms with Crippen molar-refractivity contribution in [3.8, 4) is 0 Å². The monoisotopic (exact) mass is 181 g/mol. The van der Waals surface area contributed by atoms with Crippen LogP contribution in [0.25, 0.3) is 0 Å². The molecular formula is C6H17N2O2S+. The minimum Gasteiger partial charge on any atom is -0.328 e. The molecule has 4 nitrogen and oxygen atoms in total. The van der Waals surface area contributed by atoms with E-state index in [4.69, 9.17) is 4.55 Å². The summed E-state index contributed by atoms with van der Waals surface area (Å²) in [5.41, 5.74) is 0. The highest BCUT2D eigenvalue weighted by molar-refractivity contribution is 7.77. The summed E-state index contributed by atoms with van der Waals surface area (Å²) in [7, 11) is 4.17. The van der Waals surface area contributed by atoms with Gasteiger partial charge in [-0.3, -0.25) is 4.55 Å². The minimum atomic E-state index is -1.86. The van der Waals surface area contributed by atoms with Crippen LogP contribution < -0.4 is 4.72 Å². The van der Waals surface area contributed by atoms with Crippen molar-refractivity contribution >= 4 is 11.3 Å². The van der Waals surface area contributed by atoms with Gasteiger partial charge in [0.25, 0.3) is 0 Å². The molecule has 0 aliphatic carbocycles. The maximum absolute atomic E-state index is 10.2. The molecule has 68 valence electrons. The van der Waals surface area contributed by atoms with Crippen molar-refractivity contribution in [3.05, 3.63) is 0 Å². The second kappa shape index (κ2) is 4.82. The van der Waals surface area contributed by atoms with Gasteiger partial charge in [0, 0.05) is 0 Å². The molecule has 5 heteroatoms. The summed E-state index contributed by atoms with van der Waals surface area (Å²) in [6.07, 6.45) is 0. The van der Waals surface area contributed by atoms with Crippen LogP contribution in [0.15, 0.2) is 0 Å². The molecule has 0 amide bonds. The van der Waals surface area contributed by atoms with E-state index >= 15 is 0 Å². The first-order valence-corrected chi connectivity index (χ1v) is 4.75. The number of hydrogen-bond acceptors (Lipinski definition) is 1. The smallest absolute Gasteiger partial charge is 0.231 e. The van der Waals surface area contributed by atoms with Crippen LogP contribution in [0.3, 0.4) is 0 Å². The number of rotatable bonds is 5. The summed E-state index contributed by atoms with van der Waals surface area (Å²) >= 11 is -1.86. The molecule has 2 N–H and O–H groups in total. The van der Waals surface area contributed by atoms with E-state index in [1.165, 1.54) is 0 Å². The lowest BCUT2D eigenvalue weighted by atomic mass is 10.4. The van der Waals surface area contributed by atoms with E-state index in [2.05, 4.69) is 25.7 Å². The Morgan fingerprint density at radius 3 is 2.45 bits per heavy atom. The maximum atomic E-state index is 10.2. The molecule has 0 saturated carbocycles. The summed E-state index contributed by atoms with van der Waals surface area (Å²) in [6, 6.07) is 0. The van der Waals surface area contributed by atoms with Crippen molar-refractivity contribution in [1.82, 2.24) is 4.72 Å². The van der Waals surface area contributed by atoms with E-state index in [-0.39, 0.29) is 0 Å². The van der Waals surface area contributed by atoms with Crippen molar-refractivity contribution in [1.29, 1.82) is 0 Å². The third-order valence-electron chi connectivity index (χ3n) is 1.80. The summed E-state index contributed by atoms with van der Waals surface area (Å²) in [6.45, 7) is 4.56. The second-order valence-electron chi connectivity index (χ2n) is 3.12. The van der Waals surface area contributed by atoms with Gasteiger partial charge in [0.15, 0.2) is 0 Å². The molecule has 0 aromatic heterocycles. The standard InChI is InChI=1S/C6H16N2O2S/c1-4-8(2,3)6-5-7-11(9)10/h7H,4-6H2,1-3H3/p+1. The third kappa shape index (κ3) is 6.43. The zero-order valence-electron chi connectivity index (χ0n) is 7.33. The minimum absolute atomic E-state index is 0.573. The SMILES string of the molecule is CC[N+](C)(C)CCNS(=O)O. The second-order valence-corrected chi connectivity index (χ2v) is 3.91. The summed E-state index contributed by atoms with van der Waals surface area (Å²) in [5.74, 6) is 0. The van der Waals surface area contributed by atoms with E-state index in [9.17, 15) is 4.21 Å². The fourth-order valence-electron chi connectivity index (χ4n) is 0.594. The van der Waals surface area contributed by atoms with Gasteiger partial charge in [0.1, 0.15) is 0 Å². The highest BCUT2D eigenvalue weighted by Gasteiger charge is 2.10. The van der Waals surface area contributed by atoms with E-state index in [1.807, 2.05) is 0 Å². The zero-order valence-corrected chi connectivity index (χ0v) is 8.15. The van der Waals surface area contributed by atoms with Crippen LogP contribution in [0.4, 0.5) is 0 Å². The van der Waals surface area contributed by atoms with Gasteiger partial charge >= 0.3 is 0 Å². The molecule has 0 saturated heterocycles. The Kier molecular flexibility index (Phi) is 4.83. The number of quaternary nitrogens is 1. The largest absolute Gasteiger partial charge is 0.328 e. The summed E-state index contributed by atoms with van der Waals surface area (Å²) in [4.78, 5) is 0. The van der Waals surface area contributed by atoms with Gasteiger partial charge in [0.05, 0.1) is 33.7 Å². The zero-order chi connectivity index (χ0) is 8.91. The molecule has 11 heavy (non-hydrogen) atoms. The lowest BCUT2D eigenvalue weighted by molar-refractivity contribution is -0.887. The van der Waals surface area contributed by atoms with Crippen molar-refractivity contribution < 1.29 is 13.2 Å². The molecule has 0 radical (unpaired) electrons. The Labute approximate surface area is 70.6 Å². The topological polar surface area (TPSA) is 49.3 Å². The van der Waals surface area contributed by atoms with Crippen LogP contribution in [-0.2, 0) is 11.3 Å². The first-order valence-electron chi connectivity index (χ1n) is 3.64. The van der Waals surface area contributed by atoms with Crippen LogP contribution in [0.2, 0.25) is 0 Å². The molecule has 0 heterocycles. The average molecular weight is 181 g/mol. The Hall–Kier alpha value is 0.0300. The quantitative estimate of drug-likeness (QED) is 0.456. The van der Waals surface area contributed by atoms with Gasteiger partial charge in [-0.2, -0.15) is 0 Å². The lowest BCUT2D eigenvalue weighted by Crippen LogP contribution is -2.44. The first-order chi connectivity index (χ1) is 4.98. The number of nitrogens with one attached hydrogen (secondary N) is 1. The lowest BCUT2D eigenvalue weighted by Gasteiger charge is -2.27. The van der Waals surface area contributed by atoms with E-state index in [0.29, 0.717) is 6.54 Å². The summed E-state index contributed by atoms with van der Waals surface area (Å²) < 4.78 is 21.9. The molecular weight excluding hydrogens is 164 g/mol. The van der Waals surface area contributed by atoms with Gasteiger partial charge in [-0.15, -0.1) is 0 Å². The molecule has 0 aromatic carbocycles. The molecule has 0 rings (SSSR count). The van der Waals surface area contributed by atoms with E-state index in [0.717, 1.165) is 17.6 Å². The third-order valence-corrected chi connectivity index (χ3v) is 2.25. The molecule has 1 atom stereocenters. The molecule has 0 fully saturated rings. The Morgan fingerprint density at radius 1 is 1.55 bits per heavy atom. The van der Waals surface area contributed by atoms with Crippen LogP contribution in [0, 0.1) is 0 Å². The molecule has 1 unspecified atom stereocenters. The molecule has 0 spiro atoms. The van der Waals surface area contributed by atoms with Crippen LogP contribution in [0.5, 0.6) is 0 Å². The molecule has 0 aromatic rings. The average Bonchev–Trinajstić information content (AvgIpc) is 1.87. The van der Waals surface area contributed by atoms with Crippen LogP contribution in [0.1, 0.15) is 6.92 Å². The predicted octanol–water partition coefficient (Wildman–Crippen LogP) is -0.191. The predicted molar refractivity (Wildman–Crippen MR) is 46.3 cm³/mol. The molecule has 0 aliphatic rings. The van der Waals surface area contributed by atoms with Gasteiger partial charge < -0.3 is 4.48 Å². The molecule has 0 aliphatic heterocycles. The van der Waals surface area contributed by atoms with Gasteiger partial charge in [-0.05, 0) is 6.92 Å². The van der Waals surface area contributed by atoms with Crippen LogP contribution in [-0.4, -0.2) is 47.0 Å². The van der Waals surface area contributed by atoms with Crippen molar-refractivity contribution in [3.63, 3.8) is 0 Å². The summed E-state index contributed by atoms with van der Waals surface area (Å²) in [5, 5.41) is 0. The molecule has 0 bridgehead atoms. The Morgan fingerprint density at radius 2 is 2.09 bits per heavy atom. The number of hydrogen-bond donors (Lipinski definition) is 2. The first kappa shape index (κ1) is 11.0. The van der Waals surface area contributed by atoms with Gasteiger partial charge in [0.2, 0.25) is 11.3 Å². The fourth-order valence-corrected chi connectivity index (χ4v) is 0.860. The number of nitrogens with zero attached hydrogens (tertiary/aromatic N) is 1. The van der Waals surface area contributed by atoms with E-state index in [1.54, 1.807) is 0 Å². The van der Waals surface area contributed by atoms with Crippen molar-refractivity contribution in [2.24, 2.45) is 0 Å². The fraction of sp³-hybridized carbons (Fsp3) is 1.00. The Balaban J connectivity index is 3.45. The highest BCUT2D eigenvalue weighted by Crippen LogP contribution is 1.92. The van der Waals surface area contributed by atoms with Gasteiger partial charge in [-0.1, -0.05) is 0 Å². The highest BCUT2D eigenvalue weighted by atomic mass is 32.2. The van der Waals surface area contributed by atoms with Gasteiger partial charge in [-0.25, -0.2) is 8.93 Å². The number of likely N-dealkylation sites (N-methyl/N-ethyl adjacent to an activating group) is 1. The van der Waals surface area contributed by atoms with Crippen molar-refractivity contribution in [2.75, 3.05) is 33.7 Å². The Bertz CT molecular complexity index is 139. The maximum Gasteiger partial charge on any atom is 0.231 e. The van der Waals surface area contributed by atoms with E-state index < -0.39 is 11.3 Å². The van der Waals surface area contributed by atoms with Crippen molar-refractivity contribution in [2.45, 2.75) is 6.92 Å².